The van der Waals surface area contributed by atoms with Crippen molar-refractivity contribution in [3.05, 3.63) is 71.8 Å². The molecule has 3 aromatic carbocycles. The molecule has 1 amide bonds. The average molecular weight is 541 g/mol. The molecule has 3 aromatic rings. The second kappa shape index (κ2) is 11.6. The van der Waals surface area contributed by atoms with Crippen LogP contribution >= 0.6 is 0 Å². The van der Waals surface area contributed by atoms with E-state index in [0.29, 0.717) is 11.5 Å². The molecule has 0 radical (unpaired) electrons. The predicted molar refractivity (Wildman–Crippen MR) is 144 cm³/mol. The summed E-state index contributed by atoms with van der Waals surface area (Å²) in [6, 6.07) is 16.8. The molecule has 0 saturated heterocycles. The van der Waals surface area contributed by atoms with Gasteiger partial charge in [0.05, 0.1) is 45.1 Å². The lowest BCUT2D eigenvalue weighted by Gasteiger charge is -2.29. The maximum atomic E-state index is 14.0. The number of benzene rings is 3. The van der Waals surface area contributed by atoms with Crippen LogP contribution in [0.4, 0.5) is 5.69 Å². The lowest BCUT2D eigenvalue weighted by atomic mass is 9.88. The van der Waals surface area contributed by atoms with E-state index in [9.17, 15) is 13.2 Å². The number of carbonyl (C=O) groups is 1. The minimum atomic E-state index is -4.26. The lowest BCUT2D eigenvalue weighted by molar-refractivity contribution is -0.120. The Morgan fingerprint density at radius 3 is 2.32 bits per heavy atom. The monoisotopic (exact) mass is 540 g/mol. The van der Waals surface area contributed by atoms with E-state index in [1.54, 1.807) is 12.1 Å². The zero-order valence-electron chi connectivity index (χ0n) is 21.9. The molecule has 0 aromatic heterocycles. The van der Waals surface area contributed by atoms with Gasteiger partial charge in [0.1, 0.15) is 18.0 Å². The Morgan fingerprint density at radius 2 is 1.61 bits per heavy atom. The van der Waals surface area contributed by atoms with E-state index in [1.807, 2.05) is 18.2 Å². The number of methoxy groups -OCH3 is 4. The smallest absolute Gasteiger partial charge is 0.265 e. The third kappa shape index (κ3) is 5.50. The third-order valence-corrected chi connectivity index (χ3v) is 8.35. The second-order valence-corrected chi connectivity index (χ2v) is 10.6. The molecule has 0 fully saturated rings. The molecule has 0 saturated carbocycles. The molecular weight excluding hydrogens is 508 g/mol. The number of hydrogen-bond donors (Lipinski definition) is 1. The number of amides is 1. The highest BCUT2D eigenvalue weighted by molar-refractivity contribution is 7.92. The fourth-order valence-corrected chi connectivity index (χ4v) is 6.11. The number of nitrogens with zero attached hydrogens (tertiary/aromatic N) is 1. The number of aryl methyl sites for hydroxylation is 1. The molecule has 1 aliphatic rings. The normalized spacial score (nSPS) is 14.7. The molecule has 202 valence electrons. The average Bonchev–Trinajstić information content (AvgIpc) is 2.95. The molecule has 0 heterocycles. The number of rotatable bonds is 10. The standard InChI is InChI=1S/C28H32N2O7S/c1-34-20-12-14-25(35-2)24(16-20)30(38(32,33)21-13-15-26(36-3)27(17-21)37-4)18-28(31)29-23-11-7-9-19-8-5-6-10-22(19)23/h5-6,8,10,12-17,23H,7,9,11,18H2,1-4H3,(H,29,31)/t23-/m1/s1. The maximum absolute atomic E-state index is 14.0. The molecule has 0 aliphatic heterocycles. The van der Waals surface area contributed by atoms with Crippen molar-refractivity contribution in [2.45, 2.75) is 30.2 Å². The molecule has 0 spiro atoms. The predicted octanol–water partition coefficient (Wildman–Crippen LogP) is 4.11. The number of nitrogens with one attached hydrogen (secondary N) is 1. The summed E-state index contributed by atoms with van der Waals surface area (Å²) in [4.78, 5) is 13.4. The van der Waals surface area contributed by atoms with Crippen LogP contribution in [0.5, 0.6) is 23.0 Å². The molecular formula is C28H32N2O7S. The molecule has 9 nitrogen and oxygen atoms in total. The van der Waals surface area contributed by atoms with Crippen LogP contribution in [0.25, 0.3) is 0 Å². The summed E-state index contributed by atoms with van der Waals surface area (Å²) in [5.41, 5.74) is 2.41. The first-order valence-electron chi connectivity index (χ1n) is 12.2. The summed E-state index contributed by atoms with van der Waals surface area (Å²) in [5.74, 6) is 0.862. The summed E-state index contributed by atoms with van der Waals surface area (Å²) < 4.78 is 50.5. The largest absolute Gasteiger partial charge is 0.497 e. The first kappa shape index (κ1) is 27.1. The van der Waals surface area contributed by atoms with Crippen molar-refractivity contribution in [1.82, 2.24) is 5.32 Å². The highest BCUT2D eigenvalue weighted by atomic mass is 32.2. The van der Waals surface area contributed by atoms with E-state index in [-0.39, 0.29) is 28.1 Å². The number of carbonyl (C=O) groups excluding carboxylic acids is 1. The molecule has 38 heavy (non-hydrogen) atoms. The van der Waals surface area contributed by atoms with Gasteiger partial charge in [0.2, 0.25) is 5.91 Å². The first-order chi connectivity index (χ1) is 18.3. The fraction of sp³-hybridized carbons (Fsp3) is 0.321. The van der Waals surface area contributed by atoms with Crippen molar-refractivity contribution in [2.24, 2.45) is 0 Å². The van der Waals surface area contributed by atoms with Crippen LogP contribution in [-0.4, -0.2) is 49.3 Å². The van der Waals surface area contributed by atoms with Crippen molar-refractivity contribution in [3.63, 3.8) is 0 Å². The Hall–Kier alpha value is -3.92. The highest BCUT2D eigenvalue weighted by Crippen LogP contribution is 2.38. The Labute approximate surface area is 223 Å². The van der Waals surface area contributed by atoms with Crippen LogP contribution in [0, 0.1) is 0 Å². The molecule has 0 unspecified atom stereocenters. The lowest BCUT2D eigenvalue weighted by Crippen LogP contribution is -2.42. The Kier molecular flexibility index (Phi) is 8.31. The number of anilines is 1. The minimum absolute atomic E-state index is 0.0733. The summed E-state index contributed by atoms with van der Waals surface area (Å²) in [6.45, 7) is -0.473. The van der Waals surface area contributed by atoms with Gasteiger partial charge in [-0.25, -0.2) is 8.42 Å². The van der Waals surface area contributed by atoms with Gasteiger partial charge in [0.15, 0.2) is 11.5 Å². The number of ether oxygens (including phenoxy) is 4. The Morgan fingerprint density at radius 1 is 0.895 bits per heavy atom. The third-order valence-electron chi connectivity index (χ3n) is 6.59. The van der Waals surface area contributed by atoms with Crippen LogP contribution in [0.2, 0.25) is 0 Å². The van der Waals surface area contributed by atoms with E-state index in [2.05, 4.69) is 11.4 Å². The van der Waals surface area contributed by atoms with Crippen molar-refractivity contribution in [3.8, 4) is 23.0 Å². The van der Waals surface area contributed by atoms with Crippen LogP contribution in [0.3, 0.4) is 0 Å². The van der Waals surface area contributed by atoms with E-state index in [0.717, 1.165) is 29.1 Å². The Balaban J connectivity index is 1.74. The quantitative estimate of drug-likeness (QED) is 0.413. The van der Waals surface area contributed by atoms with Crippen molar-refractivity contribution >= 4 is 21.6 Å². The molecule has 0 bridgehead atoms. The van der Waals surface area contributed by atoms with Crippen molar-refractivity contribution < 1.29 is 32.2 Å². The molecule has 4 rings (SSSR count). The SMILES string of the molecule is COc1ccc(OC)c(N(CC(=O)N[C@@H]2CCCc3ccccc32)S(=O)(=O)c2ccc(OC)c(OC)c2)c1. The second-order valence-electron chi connectivity index (χ2n) is 8.78. The fourth-order valence-electron chi connectivity index (χ4n) is 4.67. The van der Waals surface area contributed by atoms with Crippen LogP contribution in [0.1, 0.15) is 30.0 Å². The van der Waals surface area contributed by atoms with Gasteiger partial charge in [-0.2, -0.15) is 0 Å². The summed E-state index contributed by atoms with van der Waals surface area (Å²) in [6.07, 6.45) is 2.65. The highest BCUT2D eigenvalue weighted by Gasteiger charge is 2.32. The number of sulfonamides is 1. The maximum Gasteiger partial charge on any atom is 0.265 e. The van der Waals surface area contributed by atoms with Crippen molar-refractivity contribution in [2.75, 3.05) is 39.3 Å². The molecule has 10 heteroatoms. The first-order valence-corrected chi connectivity index (χ1v) is 13.6. The van der Waals surface area contributed by atoms with E-state index in [1.165, 1.54) is 58.3 Å². The minimum Gasteiger partial charge on any atom is -0.497 e. The number of hydrogen-bond acceptors (Lipinski definition) is 7. The summed E-state index contributed by atoms with van der Waals surface area (Å²) >= 11 is 0. The van der Waals surface area contributed by atoms with Gasteiger partial charge in [0.25, 0.3) is 10.0 Å². The van der Waals surface area contributed by atoms with Crippen LogP contribution in [-0.2, 0) is 21.2 Å². The zero-order chi connectivity index (χ0) is 27.3. The van der Waals surface area contributed by atoms with Gasteiger partial charge in [-0.05, 0) is 54.7 Å². The van der Waals surface area contributed by atoms with E-state index in [4.69, 9.17) is 18.9 Å². The van der Waals surface area contributed by atoms with Gasteiger partial charge in [0, 0.05) is 12.1 Å². The van der Waals surface area contributed by atoms with Gasteiger partial charge in [-0.15, -0.1) is 0 Å². The van der Waals surface area contributed by atoms with Crippen LogP contribution in [0.15, 0.2) is 65.6 Å². The van der Waals surface area contributed by atoms with Crippen LogP contribution < -0.4 is 28.6 Å². The van der Waals surface area contributed by atoms with E-state index < -0.39 is 22.5 Å². The van der Waals surface area contributed by atoms with Gasteiger partial charge < -0.3 is 24.3 Å². The zero-order valence-corrected chi connectivity index (χ0v) is 22.7. The Bertz CT molecular complexity index is 1410. The summed E-state index contributed by atoms with van der Waals surface area (Å²) in [5, 5.41) is 3.04. The van der Waals surface area contributed by atoms with Gasteiger partial charge >= 0.3 is 0 Å². The van der Waals surface area contributed by atoms with Gasteiger partial charge in [-0.1, -0.05) is 24.3 Å². The summed E-state index contributed by atoms with van der Waals surface area (Å²) in [7, 11) is 1.54. The molecule has 1 N–H and O–H groups in total. The van der Waals surface area contributed by atoms with Gasteiger partial charge in [-0.3, -0.25) is 9.10 Å². The van der Waals surface area contributed by atoms with E-state index >= 15 is 0 Å². The topological polar surface area (TPSA) is 103 Å². The molecule has 1 aliphatic carbocycles. The van der Waals surface area contributed by atoms with Crippen molar-refractivity contribution in [1.29, 1.82) is 0 Å². The molecule has 1 atom stereocenters. The number of fused-ring (bicyclic) bond motifs is 1.